The van der Waals surface area contributed by atoms with Crippen molar-refractivity contribution >= 4 is 17.5 Å². The second-order valence-electron chi connectivity index (χ2n) is 6.63. The van der Waals surface area contributed by atoms with Crippen LogP contribution in [0, 0.1) is 0 Å². The lowest BCUT2D eigenvalue weighted by Gasteiger charge is -2.35. The molecule has 0 unspecified atom stereocenters. The van der Waals surface area contributed by atoms with E-state index in [1.54, 1.807) is 24.3 Å². The topological polar surface area (TPSA) is 61.4 Å². The number of carbonyl (C=O) groups is 2. The van der Waals surface area contributed by atoms with Crippen molar-refractivity contribution in [2.24, 2.45) is 0 Å². The third-order valence-electron chi connectivity index (χ3n) is 4.98. The summed E-state index contributed by atoms with van der Waals surface area (Å²) in [6, 6.07) is 17.3. The van der Waals surface area contributed by atoms with Gasteiger partial charge in [-0.25, -0.2) is 10.4 Å². The van der Waals surface area contributed by atoms with Gasteiger partial charge in [0.2, 0.25) is 0 Å². The molecule has 25 heavy (non-hydrogen) atoms. The number of hydrogen-bond acceptors (Lipinski definition) is 4. The first-order chi connectivity index (χ1) is 12.2. The Morgan fingerprint density at radius 1 is 0.760 bits per heavy atom. The van der Waals surface area contributed by atoms with Crippen LogP contribution < -0.4 is 10.7 Å². The van der Waals surface area contributed by atoms with E-state index in [1.165, 1.54) is 5.01 Å². The maximum atomic E-state index is 12.6. The number of imide groups is 1. The number of nitrogens with zero attached hydrogens (tertiary/aromatic N) is 1. The van der Waals surface area contributed by atoms with Crippen LogP contribution in [0.25, 0.3) is 0 Å². The van der Waals surface area contributed by atoms with E-state index < -0.39 is 0 Å². The van der Waals surface area contributed by atoms with Crippen LogP contribution in [0.5, 0.6) is 0 Å². The molecule has 1 aliphatic heterocycles. The van der Waals surface area contributed by atoms with Gasteiger partial charge >= 0.3 is 0 Å². The molecule has 0 bridgehead atoms. The molecule has 1 heterocycles. The van der Waals surface area contributed by atoms with Crippen molar-refractivity contribution in [2.45, 2.75) is 37.8 Å². The Hall–Kier alpha value is -2.66. The summed E-state index contributed by atoms with van der Waals surface area (Å²) >= 11 is 0. The molecule has 1 aliphatic carbocycles. The molecule has 1 saturated carbocycles. The maximum absolute atomic E-state index is 12.6. The lowest BCUT2D eigenvalue weighted by molar-refractivity contribution is 0.0510. The standard InChI is InChI=1S/C20H21N3O2/c24-19-15-10-4-5-11-16(15)20(25)23(19)22-18-13-7-6-12-17(18)21-14-8-2-1-3-9-14/h1-5,8-11,17-18,21-22H,6-7,12-13H2/t17-,18+/m1/s1. The minimum Gasteiger partial charge on any atom is -0.381 e. The van der Waals surface area contributed by atoms with Gasteiger partial charge in [-0.2, -0.15) is 0 Å². The number of amides is 2. The molecule has 2 aromatic rings. The molecule has 4 rings (SSSR count). The fourth-order valence-electron chi connectivity index (χ4n) is 3.68. The van der Waals surface area contributed by atoms with Crippen molar-refractivity contribution in [2.75, 3.05) is 5.32 Å². The molecule has 2 amide bonds. The van der Waals surface area contributed by atoms with E-state index in [4.69, 9.17) is 0 Å². The van der Waals surface area contributed by atoms with E-state index in [0.717, 1.165) is 31.4 Å². The first kappa shape index (κ1) is 15.8. The van der Waals surface area contributed by atoms with Gasteiger partial charge in [-0.1, -0.05) is 43.2 Å². The molecule has 2 N–H and O–H groups in total. The van der Waals surface area contributed by atoms with Gasteiger partial charge in [0.15, 0.2) is 0 Å². The van der Waals surface area contributed by atoms with E-state index >= 15 is 0 Å². The molecule has 0 spiro atoms. The van der Waals surface area contributed by atoms with Gasteiger partial charge in [0, 0.05) is 17.8 Å². The molecule has 5 heteroatoms. The van der Waals surface area contributed by atoms with Gasteiger partial charge in [-0.15, -0.1) is 0 Å². The van der Waals surface area contributed by atoms with Crippen molar-refractivity contribution in [1.29, 1.82) is 0 Å². The normalized spacial score (nSPS) is 22.8. The molecule has 5 nitrogen and oxygen atoms in total. The van der Waals surface area contributed by atoms with Crippen LogP contribution in [0.15, 0.2) is 54.6 Å². The summed E-state index contributed by atoms with van der Waals surface area (Å²) < 4.78 is 0. The fourth-order valence-corrected chi connectivity index (χ4v) is 3.68. The zero-order chi connectivity index (χ0) is 17.2. The summed E-state index contributed by atoms with van der Waals surface area (Å²) in [7, 11) is 0. The van der Waals surface area contributed by atoms with Gasteiger partial charge < -0.3 is 5.32 Å². The Kier molecular flexibility index (Phi) is 4.24. The number of para-hydroxylation sites is 1. The van der Waals surface area contributed by atoms with Crippen molar-refractivity contribution in [3.63, 3.8) is 0 Å². The molecular weight excluding hydrogens is 314 g/mol. The zero-order valence-electron chi connectivity index (χ0n) is 13.9. The van der Waals surface area contributed by atoms with Crippen molar-refractivity contribution < 1.29 is 9.59 Å². The first-order valence-electron chi connectivity index (χ1n) is 8.79. The van der Waals surface area contributed by atoms with Crippen LogP contribution >= 0.6 is 0 Å². The monoisotopic (exact) mass is 335 g/mol. The van der Waals surface area contributed by atoms with Gasteiger partial charge in [0.05, 0.1) is 11.1 Å². The number of nitrogens with one attached hydrogen (secondary N) is 2. The molecule has 0 aromatic heterocycles. The predicted molar refractivity (Wildman–Crippen MR) is 96.2 cm³/mol. The number of fused-ring (bicyclic) bond motifs is 1. The Bertz CT molecular complexity index is 756. The van der Waals surface area contributed by atoms with Crippen LogP contribution in [-0.2, 0) is 0 Å². The highest BCUT2D eigenvalue weighted by molar-refractivity contribution is 6.20. The van der Waals surface area contributed by atoms with Crippen LogP contribution in [0.4, 0.5) is 5.69 Å². The highest BCUT2D eigenvalue weighted by Gasteiger charge is 2.38. The van der Waals surface area contributed by atoms with E-state index in [-0.39, 0.29) is 23.9 Å². The van der Waals surface area contributed by atoms with E-state index in [1.807, 2.05) is 30.3 Å². The Morgan fingerprint density at radius 2 is 1.32 bits per heavy atom. The molecule has 2 aromatic carbocycles. The quantitative estimate of drug-likeness (QED) is 0.842. The highest BCUT2D eigenvalue weighted by atomic mass is 16.2. The molecule has 128 valence electrons. The number of carbonyl (C=O) groups excluding carboxylic acids is 2. The zero-order valence-corrected chi connectivity index (χ0v) is 13.9. The van der Waals surface area contributed by atoms with E-state index in [2.05, 4.69) is 10.7 Å². The highest BCUT2D eigenvalue weighted by Crippen LogP contribution is 2.26. The lowest BCUT2D eigenvalue weighted by Crippen LogP contribution is -2.55. The number of rotatable bonds is 4. The van der Waals surface area contributed by atoms with E-state index in [9.17, 15) is 9.59 Å². The van der Waals surface area contributed by atoms with Gasteiger partial charge in [0.25, 0.3) is 11.8 Å². The van der Waals surface area contributed by atoms with Crippen LogP contribution in [0.1, 0.15) is 46.4 Å². The summed E-state index contributed by atoms with van der Waals surface area (Å²) in [5.41, 5.74) is 5.22. The fraction of sp³-hybridized carbons (Fsp3) is 0.300. The molecule has 0 saturated heterocycles. The second kappa shape index (κ2) is 6.69. The summed E-state index contributed by atoms with van der Waals surface area (Å²) in [4.78, 5) is 25.1. The number of hydrazine groups is 1. The van der Waals surface area contributed by atoms with Crippen LogP contribution in [-0.4, -0.2) is 28.9 Å². The van der Waals surface area contributed by atoms with Gasteiger partial charge in [-0.3, -0.25) is 9.59 Å². The predicted octanol–water partition coefficient (Wildman–Crippen LogP) is 3.21. The Morgan fingerprint density at radius 3 is 1.96 bits per heavy atom. The molecule has 0 radical (unpaired) electrons. The third-order valence-corrected chi connectivity index (χ3v) is 4.98. The maximum Gasteiger partial charge on any atom is 0.276 e. The lowest BCUT2D eigenvalue weighted by atomic mass is 9.90. The minimum absolute atomic E-state index is 0.0381. The Balaban J connectivity index is 1.51. The number of benzene rings is 2. The summed E-state index contributed by atoms with van der Waals surface area (Å²) in [5, 5.41) is 4.74. The van der Waals surface area contributed by atoms with Gasteiger partial charge in [0.1, 0.15) is 0 Å². The third kappa shape index (κ3) is 3.03. The van der Waals surface area contributed by atoms with Crippen LogP contribution in [0.3, 0.4) is 0 Å². The SMILES string of the molecule is O=C1c2ccccc2C(=O)N1N[C@H]1CCCC[C@H]1Nc1ccccc1. The summed E-state index contributed by atoms with van der Waals surface area (Å²) in [5.74, 6) is -0.519. The van der Waals surface area contributed by atoms with Crippen molar-refractivity contribution in [1.82, 2.24) is 10.4 Å². The van der Waals surface area contributed by atoms with E-state index in [0.29, 0.717) is 11.1 Å². The summed E-state index contributed by atoms with van der Waals surface area (Å²) in [6.45, 7) is 0. The molecule has 2 atom stereocenters. The van der Waals surface area contributed by atoms with Crippen molar-refractivity contribution in [3.8, 4) is 0 Å². The molecule has 1 fully saturated rings. The van der Waals surface area contributed by atoms with Crippen LogP contribution in [0.2, 0.25) is 0 Å². The smallest absolute Gasteiger partial charge is 0.276 e. The average Bonchev–Trinajstić information content (AvgIpc) is 2.89. The van der Waals surface area contributed by atoms with Crippen molar-refractivity contribution in [3.05, 3.63) is 65.7 Å². The minimum atomic E-state index is -0.260. The largest absolute Gasteiger partial charge is 0.381 e. The summed E-state index contributed by atoms with van der Waals surface area (Å²) in [6.07, 6.45) is 4.17. The average molecular weight is 335 g/mol. The first-order valence-corrected chi connectivity index (χ1v) is 8.79. The number of hydrogen-bond donors (Lipinski definition) is 2. The number of anilines is 1. The van der Waals surface area contributed by atoms with Gasteiger partial charge in [-0.05, 0) is 37.1 Å². The molecular formula is C20H21N3O2. The Labute approximate surface area is 147 Å². The molecule has 2 aliphatic rings. The second-order valence-corrected chi connectivity index (χ2v) is 6.63.